The molecule has 1 heterocycles. The van der Waals surface area contributed by atoms with E-state index in [-0.39, 0.29) is 18.3 Å². The van der Waals surface area contributed by atoms with Crippen LogP contribution in [0.4, 0.5) is 11.5 Å². The summed E-state index contributed by atoms with van der Waals surface area (Å²) >= 11 is 0. The molecule has 0 amide bonds. The van der Waals surface area contributed by atoms with Crippen molar-refractivity contribution in [2.45, 2.75) is 13.8 Å². The normalized spacial score (nSPS) is 12.2. The van der Waals surface area contributed by atoms with E-state index < -0.39 is 16.8 Å². The van der Waals surface area contributed by atoms with Gasteiger partial charge in [-0.25, -0.2) is 0 Å². The minimum atomic E-state index is -0.868. The van der Waals surface area contributed by atoms with E-state index >= 15 is 0 Å². The molecular formula is C11H15N3O4. The Kier molecular flexibility index (Phi) is 4.59. The number of anilines is 1. The predicted octanol–water partition coefficient (Wildman–Crippen LogP) is 1.76. The number of carboxylic acid groups (broad SMARTS) is 1. The number of nitrogens with one attached hydrogen (secondary N) is 1. The second kappa shape index (κ2) is 5.95. The third-order valence-electron chi connectivity index (χ3n) is 2.58. The van der Waals surface area contributed by atoms with Crippen LogP contribution in [-0.4, -0.2) is 27.5 Å². The molecule has 1 rings (SSSR count). The zero-order valence-corrected chi connectivity index (χ0v) is 10.2. The van der Waals surface area contributed by atoms with Gasteiger partial charge in [0.15, 0.2) is 6.20 Å². The molecule has 0 fully saturated rings. The summed E-state index contributed by atoms with van der Waals surface area (Å²) in [7, 11) is 0. The maximum atomic E-state index is 11.0. The van der Waals surface area contributed by atoms with Crippen molar-refractivity contribution in [3.8, 4) is 0 Å². The fraction of sp³-hybridized carbons (Fsp3) is 0.455. The molecule has 0 aliphatic heterocycles. The van der Waals surface area contributed by atoms with Crippen molar-refractivity contribution in [3.05, 3.63) is 28.4 Å². The van der Waals surface area contributed by atoms with Crippen LogP contribution in [-0.2, 0) is 4.79 Å². The van der Waals surface area contributed by atoms with Gasteiger partial charge in [0.25, 0.3) is 0 Å². The standard InChI is InChI=1S/C11H15N3O4/c1-7(2)9(11(15)16)6-12-8-3-4-10(13-5-8)14(17)18/h3-5,7,9,12H,6H2,1-2H3,(H,15,16). The van der Waals surface area contributed by atoms with Crippen LogP contribution < -0.4 is 5.32 Å². The Morgan fingerprint density at radius 2 is 2.22 bits per heavy atom. The summed E-state index contributed by atoms with van der Waals surface area (Å²) in [6.45, 7) is 3.91. The molecule has 1 atom stereocenters. The molecule has 2 N–H and O–H groups in total. The second-order valence-corrected chi connectivity index (χ2v) is 4.23. The lowest BCUT2D eigenvalue weighted by atomic mass is 9.96. The highest BCUT2D eigenvalue weighted by Gasteiger charge is 2.21. The lowest BCUT2D eigenvalue weighted by molar-refractivity contribution is -0.389. The zero-order valence-electron chi connectivity index (χ0n) is 10.2. The van der Waals surface area contributed by atoms with Crippen molar-refractivity contribution in [1.82, 2.24) is 4.98 Å². The molecule has 1 aromatic heterocycles. The van der Waals surface area contributed by atoms with Gasteiger partial charge in [0.2, 0.25) is 0 Å². The fourth-order valence-electron chi connectivity index (χ4n) is 1.43. The summed E-state index contributed by atoms with van der Waals surface area (Å²) in [5.74, 6) is -1.62. The molecule has 1 unspecified atom stereocenters. The third kappa shape index (κ3) is 3.69. The summed E-state index contributed by atoms with van der Waals surface area (Å²) in [5, 5.41) is 22.3. The summed E-state index contributed by atoms with van der Waals surface area (Å²) in [4.78, 5) is 24.4. The van der Waals surface area contributed by atoms with Crippen molar-refractivity contribution in [2.75, 3.05) is 11.9 Å². The predicted molar refractivity (Wildman–Crippen MR) is 65.3 cm³/mol. The molecule has 0 aliphatic rings. The van der Waals surface area contributed by atoms with Gasteiger partial charge >= 0.3 is 11.8 Å². The molecule has 7 heteroatoms. The fourth-order valence-corrected chi connectivity index (χ4v) is 1.43. The van der Waals surface area contributed by atoms with Gasteiger partial charge in [0.05, 0.1) is 11.6 Å². The Morgan fingerprint density at radius 1 is 1.56 bits per heavy atom. The van der Waals surface area contributed by atoms with E-state index in [2.05, 4.69) is 10.3 Å². The summed E-state index contributed by atoms with van der Waals surface area (Å²) in [5.41, 5.74) is 0.563. The lowest BCUT2D eigenvalue weighted by Gasteiger charge is -2.16. The Balaban J connectivity index is 2.62. The van der Waals surface area contributed by atoms with Gasteiger partial charge in [-0.15, -0.1) is 0 Å². The third-order valence-corrected chi connectivity index (χ3v) is 2.58. The number of carbonyl (C=O) groups is 1. The largest absolute Gasteiger partial charge is 0.481 e. The van der Waals surface area contributed by atoms with Crippen molar-refractivity contribution in [2.24, 2.45) is 11.8 Å². The van der Waals surface area contributed by atoms with Crippen LogP contribution in [0.2, 0.25) is 0 Å². The van der Waals surface area contributed by atoms with Gasteiger partial charge in [-0.3, -0.25) is 4.79 Å². The minimum absolute atomic E-state index is 0.000933. The molecule has 1 aromatic rings. The van der Waals surface area contributed by atoms with Crippen LogP contribution in [0.25, 0.3) is 0 Å². The van der Waals surface area contributed by atoms with Crippen molar-refractivity contribution >= 4 is 17.5 Å². The number of aliphatic carboxylic acids is 1. The first-order valence-corrected chi connectivity index (χ1v) is 5.49. The summed E-state index contributed by atoms with van der Waals surface area (Å²) < 4.78 is 0. The average molecular weight is 253 g/mol. The highest BCUT2D eigenvalue weighted by molar-refractivity contribution is 5.71. The Labute approximate surface area is 104 Å². The SMILES string of the molecule is CC(C)C(CNc1ccc([N+](=O)[O-])nc1)C(=O)O. The summed E-state index contributed by atoms with van der Waals surface area (Å²) in [6.07, 6.45) is 1.32. The number of rotatable bonds is 6. The molecular weight excluding hydrogens is 238 g/mol. The van der Waals surface area contributed by atoms with E-state index in [1.165, 1.54) is 18.3 Å². The number of aromatic nitrogens is 1. The van der Waals surface area contributed by atoms with Gasteiger partial charge in [0.1, 0.15) is 0 Å². The van der Waals surface area contributed by atoms with Crippen molar-refractivity contribution in [1.29, 1.82) is 0 Å². The van der Waals surface area contributed by atoms with E-state index in [0.717, 1.165) is 0 Å². The number of pyridine rings is 1. The number of nitro groups is 1. The number of hydrogen-bond donors (Lipinski definition) is 2. The molecule has 0 radical (unpaired) electrons. The van der Waals surface area contributed by atoms with Crippen LogP contribution in [0.15, 0.2) is 18.3 Å². The number of nitrogens with zero attached hydrogens (tertiary/aromatic N) is 2. The van der Waals surface area contributed by atoms with E-state index in [1.54, 1.807) is 0 Å². The molecule has 18 heavy (non-hydrogen) atoms. The van der Waals surface area contributed by atoms with E-state index in [9.17, 15) is 14.9 Å². The molecule has 0 aliphatic carbocycles. The molecule has 0 saturated carbocycles. The number of hydrogen-bond acceptors (Lipinski definition) is 5. The second-order valence-electron chi connectivity index (χ2n) is 4.23. The zero-order chi connectivity index (χ0) is 13.7. The monoisotopic (exact) mass is 253 g/mol. The Bertz CT molecular complexity index is 430. The van der Waals surface area contributed by atoms with Gasteiger partial charge in [-0.1, -0.05) is 13.8 Å². The van der Waals surface area contributed by atoms with Gasteiger partial charge in [-0.05, 0) is 21.9 Å². The highest BCUT2D eigenvalue weighted by atomic mass is 16.6. The lowest BCUT2D eigenvalue weighted by Crippen LogP contribution is -2.27. The first-order valence-electron chi connectivity index (χ1n) is 5.49. The molecule has 0 saturated heterocycles. The first-order chi connectivity index (χ1) is 8.41. The molecule has 7 nitrogen and oxygen atoms in total. The first kappa shape index (κ1) is 13.9. The summed E-state index contributed by atoms with van der Waals surface area (Å²) in [6, 6.07) is 2.78. The molecule has 0 aromatic carbocycles. The van der Waals surface area contributed by atoms with E-state index in [4.69, 9.17) is 5.11 Å². The van der Waals surface area contributed by atoms with Gasteiger partial charge in [0, 0.05) is 12.6 Å². The minimum Gasteiger partial charge on any atom is -0.481 e. The maximum Gasteiger partial charge on any atom is 0.363 e. The molecule has 0 spiro atoms. The van der Waals surface area contributed by atoms with Crippen LogP contribution in [0, 0.1) is 22.0 Å². The van der Waals surface area contributed by atoms with Crippen molar-refractivity contribution in [3.63, 3.8) is 0 Å². The molecule has 98 valence electrons. The Morgan fingerprint density at radius 3 is 2.61 bits per heavy atom. The van der Waals surface area contributed by atoms with E-state index in [1.807, 2.05) is 13.8 Å². The quantitative estimate of drug-likeness (QED) is 0.591. The maximum absolute atomic E-state index is 11.0. The van der Waals surface area contributed by atoms with Crippen LogP contribution in [0.3, 0.4) is 0 Å². The van der Waals surface area contributed by atoms with Crippen LogP contribution in [0.5, 0.6) is 0 Å². The smallest absolute Gasteiger partial charge is 0.363 e. The average Bonchev–Trinajstić information content (AvgIpc) is 2.28. The van der Waals surface area contributed by atoms with Crippen LogP contribution in [0.1, 0.15) is 13.8 Å². The van der Waals surface area contributed by atoms with Crippen LogP contribution >= 0.6 is 0 Å². The van der Waals surface area contributed by atoms with Gasteiger partial charge < -0.3 is 20.5 Å². The molecule has 0 bridgehead atoms. The number of carboxylic acids is 1. The van der Waals surface area contributed by atoms with E-state index in [0.29, 0.717) is 5.69 Å². The Hall–Kier alpha value is -2.18. The highest BCUT2D eigenvalue weighted by Crippen LogP contribution is 2.15. The van der Waals surface area contributed by atoms with Gasteiger partial charge in [-0.2, -0.15) is 0 Å². The topological polar surface area (TPSA) is 105 Å². The van der Waals surface area contributed by atoms with Crippen molar-refractivity contribution < 1.29 is 14.8 Å².